The number of ketones is 1. The number of rotatable bonds is 5. The van der Waals surface area contributed by atoms with Crippen LogP contribution in [0.1, 0.15) is 36.4 Å². The van der Waals surface area contributed by atoms with Gasteiger partial charge >= 0.3 is 0 Å². The molecule has 2 aromatic carbocycles. The Morgan fingerprint density at radius 2 is 2.10 bits per heavy atom. The molecule has 3 aromatic rings. The SMILES string of the molecule is COc1cc(C2C3=C(CCCC3=O)Nc3ncnn32)ccc1OCc1cccc(Br)c1. The third-order valence-corrected chi connectivity index (χ3v) is 6.09. The summed E-state index contributed by atoms with van der Waals surface area (Å²) in [5, 5.41) is 7.66. The van der Waals surface area contributed by atoms with Crippen molar-refractivity contribution in [3.8, 4) is 11.5 Å². The van der Waals surface area contributed by atoms with E-state index in [1.807, 2.05) is 42.5 Å². The summed E-state index contributed by atoms with van der Waals surface area (Å²) in [7, 11) is 1.62. The van der Waals surface area contributed by atoms with Crippen molar-refractivity contribution in [2.24, 2.45) is 0 Å². The molecule has 2 heterocycles. The number of halogens is 1. The van der Waals surface area contributed by atoms with E-state index in [0.717, 1.165) is 39.7 Å². The van der Waals surface area contributed by atoms with Crippen molar-refractivity contribution in [3.05, 3.63) is 75.7 Å². The number of nitrogens with zero attached hydrogens (tertiary/aromatic N) is 3. The average molecular weight is 481 g/mol. The van der Waals surface area contributed by atoms with Crippen LogP contribution in [0.15, 0.2) is 64.5 Å². The van der Waals surface area contributed by atoms with Gasteiger partial charge < -0.3 is 14.8 Å². The normalized spacial score (nSPS) is 17.6. The van der Waals surface area contributed by atoms with Gasteiger partial charge in [-0.15, -0.1) is 0 Å². The summed E-state index contributed by atoms with van der Waals surface area (Å²) in [5.74, 6) is 2.04. The molecule has 5 rings (SSSR count). The predicted molar refractivity (Wildman–Crippen MR) is 119 cm³/mol. The number of nitrogens with one attached hydrogen (secondary N) is 1. The van der Waals surface area contributed by atoms with Gasteiger partial charge in [0, 0.05) is 22.2 Å². The van der Waals surface area contributed by atoms with Crippen LogP contribution in [0.25, 0.3) is 0 Å². The van der Waals surface area contributed by atoms with E-state index in [4.69, 9.17) is 9.47 Å². The van der Waals surface area contributed by atoms with Crippen molar-refractivity contribution in [1.29, 1.82) is 0 Å². The maximum atomic E-state index is 12.8. The highest BCUT2D eigenvalue weighted by Gasteiger charge is 2.36. The van der Waals surface area contributed by atoms with Gasteiger partial charge in [0.05, 0.1) is 7.11 Å². The molecule has 1 aliphatic heterocycles. The van der Waals surface area contributed by atoms with Crippen molar-refractivity contribution >= 4 is 27.7 Å². The molecule has 1 N–H and O–H groups in total. The van der Waals surface area contributed by atoms with Crippen LogP contribution in [-0.4, -0.2) is 27.7 Å². The predicted octanol–water partition coefficient (Wildman–Crippen LogP) is 4.65. The lowest BCUT2D eigenvalue weighted by Crippen LogP contribution is -2.31. The molecule has 1 atom stereocenters. The number of allylic oxidation sites excluding steroid dienone is 2. The van der Waals surface area contributed by atoms with E-state index in [0.29, 0.717) is 30.5 Å². The molecule has 0 saturated heterocycles. The van der Waals surface area contributed by atoms with Crippen LogP contribution < -0.4 is 14.8 Å². The smallest absolute Gasteiger partial charge is 0.226 e. The highest BCUT2D eigenvalue weighted by molar-refractivity contribution is 9.10. The minimum atomic E-state index is -0.338. The van der Waals surface area contributed by atoms with E-state index in [-0.39, 0.29) is 11.8 Å². The molecule has 0 radical (unpaired) electrons. The number of anilines is 1. The van der Waals surface area contributed by atoms with E-state index in [1.165, 1.54) is 6.33 Å². The van der Waals surface area contributed by atoms with Crippen molar-refractivity contribution < 1.29 is 14.3 Å². The molecule has 31 heavy (non-hydrogen) atoms. The molecule has 7 nitrogen and oxygen atoms in total. The third kappa shape index (κ3) is 3.72. The number of benzene rings is 2. The molecule has 1 unspecified atom stereocenters. The Morgan fingerprint density at radius 1 is 1.19 bits per heavy atom. The molecule has 1 aliphatic carbocycles. The highest BCUT2D eigenvalue weighted by Crippen LogP contribution is 2.41. The molecule has 2 aliphatic rings. The molecular formula is C23H21BrN4O3. The molecular weight excluding hydrogens is 460 g/mol. The quantitative estimate of drug-likeness (QED) is 0.572. The number of Topliss-reactive ketones (excluding diaryl/α,β-unsaturated/α-hetero) is 1. The lowest BCUT2D eigenvalue weighted by Gasteiger charge is -2.32. The number of carbonyl (C=O) groups excluding carboxylic acids is 1. The zero-order chi connectivity index (χ0) is 21.4. The fourth-order valence-electron chi connectivity index (χ4n) is 4.17. The number of hydrogen-bond donors (Lipinski definition) is 1. The zero-order valence-electron chi connectivity index (χ0n) is 17.0. The highest BCUT2D eigenvalue weighted by atomic mass is 79.9. The van der Waals surface area contributed by atoms with Gasteiger partial charge in [0.2, 0.25) is 5.95 Å². The van der Waals surface area contributed by atoms with Gasteiger partial charge in [0.25, 0.3) is 0 Å². The van der Waals surface area contributed by atoms with E-state index < -0.39 is 0 Å². The second-order valence-corrected chi connectivity index (χ2v) is 8.47. The summed E-state index contributed by atoms with van der Waals surface area (Å²) in [6.07, 6.45) is 3.73. The molecule has 1 aromatic heterocycles. The fraction of sp³-hybridized carbons (Fsp3) is 0.261. The van der Waals surface area contributed by atoms with Gasteiger partial charge in [0.1, 0.15) is 19.0 Å². The second-order valence-electron chi connectivity index (χ2n) is 7.55. The molecule has 0 spiro atoms. The van der Waals surface area contributed by atoms with Crippen LogP contribution in [0.3, 0.4) is 0 Å². The molecule has 0 fully saturated rings. The van der Waals surface area contributed by atoms with Crippen molar-refractivity contribution in [3.63, 3.8) is 0 Å². The number of methoxy groups -OCH3 is 1. The maximum Gasteiger partial charge on any atom is 0.226 e. The van der Waals surface area contributed by atoms with Gasteiger partial charge in [-0.1, -0.05) is 34.1 Å². The standard InChI is InChI=1S/C23H21BrN4O3/c1-30-20-11-15(8-9-19(20)31-12-14-4-2-5-16(24)10-14)22-21-17(6-3-7-18(21)29)27-23-25-13-26-28(22)23/h2,4-5,8-11,13,22H,3,6-7,12H2,1H3,(H,25,26,27). The van der Waals surface area contributed by atoms with Crippen LogP contribution in [0, 0.1) is 0 Å². The number of hydrogen-bond acceptors (Lipinski definition) is 6. The number of carbonyl (C=O) groups is 1. The fourth-order valence-corrected chi connectivity index (χ4v) is 4.61. The Morgan fingerprint density at radius 3 is 2.94 bits per heavy atom. The maximum absolute atomic E-state index is 12.8. The number of ether oxygens (including phenoxy) is 2. The van der Waals surface area contributed by atoms with Gasteiger partial charge in [-0.3, -0.25) is 4.79 Å². The van der Waals surface area contributed by atoms with Gasteiger partial charge in [-0.05, 0) is 48.2 Å². The van der Waals surface area contributed by atoms with Crippen molar-refractivity contribution in [2.45, 2.75) is 31.9 Å². The first-order chi connectivity index (χ1) is 15.1. The van der Waals surface area contributed by atoms with Crippen molar-refractivity contribution in [2.75, 3.05) is 12.4 Å². The summed E-state index contributed by atoms with van der Waals surface area (Å²) >= 11 is 3.48. The Kier molecular flexibility index (Phi) is 5.23. The lowest BCUT2D eigenvalue weighted by molar-refractivity contribution is -0.116. The number of aromatic nitrogens is 3. The Labute approximate surface area is 188 Å². The lowest BCUT2D eigenvalue weighted by atomic mass is 9.85. The van der Waals surface area contributed by atoms with E-state index in [2.05, 4.69) is 31.3 Å². The summed E-state index contributed by atoms with van der Waals surface area (Å²) in [5.41, 5.74) is 3.65. The minimum absolute atomic E-state index is 0.147. The summed E-state index contributed by atoms with van der Waals surface area (Å²) < 4.78 is 14.4. The first kappa shape index (κ1) is 19.8. The van der Waals surface area contributed by atoms with Gasteiger partial charge in [0.15, 0.2) is 17.3 Å². The molecule has 158 valence electrons. The Hall–Kier alpha value is -3.13. The van der Waals surface area contributed by atoms with Crippen LogP contribution in [0.5, 0.6) is 11.5 Å². The monoisotopic (exact) mass is 480 g/mol. The van der Waals surface area contributed by atoms with E-state index >= 15 is 0 Å². The Bertz CT molecular complexity index is 1190. The zero-order valence-corrected chi connectivity index (χ0v) is 18.6. The molecule has 8 heteroatoms. The van der Waals surface area contributed by atoms with Crippen LogP contribution in [0.2, 0.25) is 0 Å². The molecule has 0 amide bonds. The van der Waals surface area contributed by atoms with Gasteiger partial charge in [-0.25, -0.2) is 4.68 Å². The number of fused-ring (bicyclic) bond motifs is 1. The van der Waals surface area contributed by atoms with E-state index in [1.54, 1.807) is 11.8 Å². The van der Waals surface area contributed by atoms with Gasteiger partial charge in [-0.2, -0.15) is 10.1 Å². The summed E-state index contributed by atoms with van der Waals surface area (Å²) in [6, 6.07) is 13.4. The third-order valence-electron chi connectivity index (χ3n) is 5.60. The average Bonchev–Trinajstić information content (AvgIpc) is 3.24. The Balaban J connectivity index is 1.49. The first-order valence-electron chi connectivity index (χ1n) is 10.1. The van der Waals surface area contributed by atoms with Crippen LogP contribution in [-0.2, 0) is 11.4 Å². The topological polar surface area (TPSA) is 78.3 Å². The summed E-state index contributed by atoms with van der Waals surface area (Å²) in [4.78, 5) is 17.1. The molecule has 0 saturated carbocycles. The first-order valence-corrected chi connectivity index (χ1v) is 10.9. The second kappa shape index (κ2) is 8.19. The van der Waals surface area contributed by atoms with Crippen LogP contribution in [0.4, 0.5) is 5.95 Å². The van der Waals surface area contributed by atoms with Crippen molar-refractivity contribution in [1.82, 2.24) is 14.8 Å². The molecule has 0 bridgehead atoms. The van der Waals surface area contributed by atoms with Crippen LogP contribution >= 0.6 is 15.9 Å². The summed E-state index contributed by atoms with van der Waals surface area (Å²) in [6.45, 7) is 0.420. The largest absolute Gasteiger partial charge is 0.493 e. The van der Waals surface area contributed by atoms with E-state index in [9.17, 15) is 4.79 Å². The minimum Gasteiger partial charge on any atom is -0.493 e.